The molecule has 116 valence electrons. The second-order valence-electron chi connectivity index (χ2n) is 5.15. The van der Waals surface area contributed by atoms with E-state index in [9.17, 15) is 4.79 Å². The molecule has 7 nitrogen and oxygen atoms in total. The van der Waals surface area contributed by atoms with E-state index in [-0.39, 0.29) is 32.0 Å². The highest BCUT2D eigenvalue weighted by molar-refractivity contribution is 7.59. The third-order valence-corrected chi connectivity index (χ3v) is 3.95. The average molecular weight is 318 g/mol. The van der Waals surface area contributed by atoms with Crippen molar-refractivity contribution in [3.05, 3.63) is 30.0 Å². The lowest BCUT2D eigenvalue weighted by atomic mass is 10.2. The summed E-state index contributed by atoms with van der Waals surface area (Å²) in [7, 11) is 1.77. The fraction of sp³-hybridized carbons (Fsp3) is 0.429. The van der Waals surface area contributed by atoms with Crippen LogP contribution in [0.2, 0.25) is 0 Å². The molecule has 1 aliphatic heterocycles. The number of likely N-dealkylation sites (N-methyl/N-ethyl adjacent to an activating group) is 1. The standard InChI is InChI=1S/C14H16N6O.H2S/c1-15-7-12(21)19(2)10-4-6-20(8-10)14-11-3-5-16-13(11)17-9-18-14;/h3,5,9-10H,4,6-8H2,2H3,(H,16,17,18);1H2/t10-;/m0./s1. The van der Waals surface area contributed by atoms with E-state index < -0.39 is 0 Å². The molecule has 2 aromatic heterocycles. The number of hydrogen-bond donors (Lipinski definition) is 1. The number of aromatic amines is 1. The van der Waals surface area contributed by atoms with Gasteiger partial charge in [0.1, 0.15) is 17.8 Å². The second kappa shape index (κ2) is 6.66. The van der Waals surface area contributed by atoms with Crippen LogP contribution >= 0.6 is 13.5 Å². The summed E-state index contributed by atoms with van der Waals surface area (Å²) in [5.41, 5.74) is 0.820. The molecule has 8 heteroatoms. The molecule has 2 aromatic rings. The lowest BCUT2D eigenvalue weighted by molar-refractivity contribution is -0.129. The molecule has 1 amide bonds. The number of nitrogens with zero attached hydrogens (tertiary/aromatic N) is 5. The maximum absolute atomic E-state index is 11.8. The zero-order valence-corrected chi connectivity index (χ0v) is 13.3. The Hall–Kier alpha value is -2.27. The molecule has 0 spiro atoms. The van der Waals surface area contributed by atoms with Crippen molar-refractivity contribution < 1.29 is 4.79 Å². The van der Waals surface area contributed by atoms with Gasteiger partial charge in [0.05, 0.1) is 11.4 Å². The van der Waals surface area contributed by atoms with E-state index in [1.807, 2.05) is 12.3 Å². The number of amides is 1. The number of carbonyl (C=O) groups excluding carboxylic acids is 1. The van der Waals surface area contributed by atoms with Gasteiger partial charge < -0.3 is 19.6 Å². The van der Waals surface area contributed by atoms with Gasteiger partial charge in [-0.3, -0.25) is 4.79 Å². The van der Waals surface area contributed by atoms with Crippen molar-refractivity contribution in [2.45, 2.75) is 12.5 Å². The van der Waals surface area contributed by atoms with Crippen LogP contribution in [0.3, 0.4) is 0 Å². The zero-order chi connectivity index (χ0) is 14.8. The summed E-state index contributed by atoms with van der Waals surface area (Å²) in [6, 6.07) is 2.09. The molecule has 1 aliphatic rings. The molecule has 0 unspecified atom stereocenters. The number of nitrogens with one attached hydrogen (secondary N) is 1. The van der Waals surface area contributed by atoms with Crippen LogP contribution < -0.4 is 4.90 Å². The Morgan fingerprint density at radius 1 is 1.59 bits per heavy atom. The molecule has 0 radical (unpaired) electrons. The van der Waals surface area contributed by atoms with Gasteiger partial charge >= 0.3 is 5.91 Å². The number of hydrogen-bond acceptors (Lipinski definition) is 4. The molecule has 1 atom stereocenters. The van der Waals surface area contributed by atoms with Crippen LogP contribution in [0.1, 0.15) is 6.42 Å². The average Bonchev–Trinajstić information content (AvgIpc) is 3.15. The van der Waals surface area contributed by atoms with Gasteiger partial charge in [0, 0.05) is 26.3 Å². The van der Waals surface area contributed by atoms with Crippen LogP contribution in [0.25, 0.3) is 15.9 Å². The summed E-state index contributed by atoms with van der Waals surface area (Å²) in [4.78, 5) is 30.5. The largest absolute Gasteiger partial charge is 0.354 e. The molecule has 0 aromatic carbocycles. The highest BCUT2D eigenvalue weighted by atomic mass is 32.1. The number of aromatic nitrogens is 3. The van der Waals surface area contributed by atoms with Crippen molar-refractivity contribution in [2.75, 3.05) is 31.6 Å². The zero-order valence-electron chi connectivity index (χ0n) is 12.3. The molecule has 1 fully saturated rings. The summed E-state index contributed by atoms with van der Waals surface area (Å²) in [5.74, 6) is 0.779. The number of anilines is 1. The van der Waals surface area contributed by atoms with Crippen LogP contribution in [-0.4, -0.2) is 58.5 Å². The van der Waals surface area contributed by atoms with E-state index in [2.05, 4.69) is 24.7 Å². The first-order valence-electron chi connectivity index (χ1n) is 6.82. The van der Waals surface area contributed by atoms with Gasteiger partial charge in [0.15, 0.2) is 0 Å². The van der Waals surface area contributed by atoms with E-state index in [0.717, 1.165) is 36.4 Å². The van der Waals surface area contributed by atoms with E-state index in [4.69, 9.17) is 6.57 Å². The minimum atomic E-state index is -0.119. The predicted octanol–water partition coefficient (Wildman–Crippen LogP) is 1.03. The van der Waals surface area contributed by atoms with Crippen LogP contribution in [0, 0.1) is 6.57 Å². The molecule has 0 aliphatic carbocycles. The van der Waals surface area contributed by atoms with Crippen molar-refractivity contribution in [3.8, 4) is 0 Å². The lowest BCUT2D eigenvalue weighted by Gasteiger charge is -2.23. The third kappa shape index (κ3) is 2.85. The van der Waals surface area contributed by atoms with Crippen LogP contribution in [-0.2, 0) is 4.79 Å². The summed E-state index contributed by atoms with van der Waals surface area (Å²) >= 11 is 0. The van der Waals surface area contributed by atoms with E-state index in [1.165, 1.54) is 0 Å². The van der Waals surface area contributed by atoms with Gasteiger partial charge in [0.2, 0.25) is 0 Å². The van der Waals surface area contributed by atoms with E-state index >= 15 is 0 Å². The smallest absolute Gasteiger partial charge is 0.302 e. The van der Waals surface area contributed by atoms with Gasteiger partial charge in [-0.15, -0.1) is 0 Å². The Morgan fingerprint density at radius 3 is 3.18 bits per heavy atom. The molecule has 1 saturated heterocycles. The minimum Gasteiger partial charge on any atom is -0.354 e. The van der Waals surface area contributed by atoms with Crippen molar-refractivity contribution in [3.63, 3.8) is 0 Å². The predicted molar refractivity (Wildman–Crippen MR) is 89.1 cm³/mol. The Labute approximate surface area is 135 Å². The number of H-pyrrole nitrogens is 1. The third-order valence-electron chi connectivity index (χ3n) is 3.95. The van der Waals surface area contributed by atoms with Crippen molar-refractivity contribution in [2.24, 2.45) is 0 Å². The van der Waals surface area contributed by atoms with Crippen molar-refractivity contribution in [1.29, 1.82) is 0 Å². The SMILES string of the molecule is S.[C-]#[N+]CC(=O)N(C)[C@H]1CCN(c2ncnc3[nH]ccc23)C1. The number of rotatable bonds is 3. The van der Waals surface area contributed by atoms with Crippen LogP contribution in [0.5, 0.6) is 0 Å². The summed E-state index contributed by atoms with van der Waals surface area (Å²) in [6.07, 6.45) is 4.29. The molecule has 1 N–H and O–H groups in total. The monoisotopic (exact) mass is 318 g/mol. The van der Waals surface area contributed by atoms with Gasteiger partial charge in [-0.1, -0.05) is 0 Å². The van der Waals surface area contributed by atoms with Gasteiger partial charge in [-0.2, -0.15) is 13.5 Å². The summed E-state index contributed by atoms with van der Waals surface area (Å²) in [5, 5.41) is 0.994. The minimum absolute atomic E-state index is 0. The first-order valence-corrected chi connectivity index (χ1v) is 6.82. The molecule has 3 rings (SSSR count). The Bertz CT molecular complexity index is 709. The molecule has 22 heavy (non-hydrogen) atoms. The highest BCUT2D eigenvalue weighted by Gasteiger charge is 2.30. The number of fused-ring (bicyclic) bond motifs is 1. The Kier molecular flexibility index (Phi) is 4.88. The van der Waals surface area contributed by atoms with Crippen molar-refractivity contribution >= 4 is 36.3 Å². The van der Waals surface area contributed by atoms with E-state index in [0.29, 0.717) is 0 Å². The first kappa shape index (κ1) is 16.1. The quantitative estimate of drug-likeness (QED) is 0.858. The normalized spacial score (nSPS) is 17.1. The fourth-order valence-corrected chi connectivity index (χ4v) is 2.74. The van der Waals surface area contributed by atoms with Crippen molar-refractivity contribution in [1.82, 2.24) is 19.9 Å². The van der Waals surface area contributed by atoms with Gasteiger partial charge in [-0.05, 0) is 12.5 Å². The van der Waals surface area contributed by atoms with Gasteiger partial charge in [0.25, 0.3) is 6.54 Å². The first-order chi connectivity index (χ1) is 10.2. The molecular weight excluding hydrogens is 300 g/mol. The Morgan fingerprint density at radius 2 is 2.41 bits per heavy atom. The fourth-order valence-electron chi connectivity index (χ4n) is 2.74. The summed E-state index contributed by atoms with van der Waals surface area (Å²) < 4.78 is 0. The lowest BCUT2D eigenvalue weighted by Crippen LogP contribution is -2.40. The highest BCUT2D eigenvalue weighted by Crippen LogP contribution is 2.26. The summed E-state index contributed by atoms with van der Waals surface area (Å²) in [6.45, 7) is 8.29. The van der Waals surface area contributed by atoms with Crippen LogP contribution in [0.4, 0.5) is 5.82 Å². The van der Waals surface area contributed by atoms with E-state index in [1.54, 1.807) is 18.3 Å². The maximum atomic E-state index is 11.8. The maximum Gasteiger partial charge on any atom is 0.302 e. The molecule has 3 heterocycles. The molecule has 0 bridgehead atoms. The molecule has 0 saturated carbocycles. The topological polar surface area (TPSA) is 69.5 Å². The molecular formula is C14H18N6OS. The second-order valence-corrected chi connectivity index (χ2v) is 5.15. The number of carbonyl (C=O) groups is 1. The van der Waals surface area contributed by atoms with Crippen LogP contribution in [0.15, 0.2) is 18.6 Å². The Balaban J connectivity index is 0.00000176. The van der Waals surface area contributed by atoms with Gasteiger partial charge in [-0.25, -0.2) is 16.5 Å².